The van der Waals surface area contributed by atoms with Crippen LogP contribution in [-0.4, -0.2) is 17.8 Å². The van der Waals surface area contributed by atoms with Gasteiger partial charge in [0.15, 0.2) is 0 Å². The van der Waals surface area contributed by atoms with E-state index in [1.807, 2.05) is 98.8 Å². The van der Waals surface area contributed by atoms with E-state index in [9.17, 15) is 9.90 Å². The minimum Gasteiger partial charge on any atom is -0.449 e. The maximum Gasteiger partial charge on any atom is 0.407 e. The summed E-state index contributed by atoms with van der Waals surface area (Å²) in [6.07, 6.45) is 13.7. The van der Waals surface area contributed by atoms with E-state index in [2.05, 4.69) is 279 Å². The molecule has 0 bridgehead atoms. The average molecular weight is 1270 g/mol. The summed E-state index contributed by atoms with van der Waals surface area (Å²) in [4.78, 5) is 13.3. The van der Waals surface area contributed by atoms with Gasteiger partial charge in [0, 0.05) is 211 Å². The fourth-order valence-corrected chi connectivity index (χ4v) is 7.62. The van der Waals surface area contributed by atoms with Crippen LogP contribution >= 0.6 is 0 Å². The third kappa shape index (κ3) is 25.3. The van der Waals surface area contributed by atoms with Crippen molar-refractivity contribution in [2.24, 2.45) is 0 Å². The fraction of sp³-hybridized carbons (Fsp3) is 0.0690. The smallest absolute Gasteiger partial charge is 0.407 e. The molecule has 6 aromatic rings. The summed E-state index contributed by atoms with van der Waals surface area (Å²) in [7, 11) is 0. The third-order valence-electron chi connectivity index (χ3n) is 11.7. The van der Waals surface area contributed by atoms with Gasteiger partial charge in [-0.25, -0.2) is 4.79 Å². The molecular formula is C87H127NO5. The molecule has 6 nitrogen and oxygen atoms in total. The summed E-state index contributed by atoms with van der Waals surface area (Å²) >= 11 is 0. The molecule has 2 unspecified atom stereocenters. The Kier molecular flexibility index (Phi) is 29.1. The molecule has 0 aromatic heterocycles. The molecule has 2 N–H and O–H groups in total. The van der Waals surface area contributed by atoms with Gasteiger partial charge in [-0.2, -0.15) is 0 Å². The molecule has 0 spiro atoms. The minimum atomic E-state index is -0.708. The van der Waals surface area contributed by atoms with E-state index >= 15 is 0 Å². The highest BCUT2D eigenvalue weighted by Crippen LogP contribution is 2.44. The lowest BCUT2D eigenvalue weighted by Gasteiger charge is -2.21. The van der Waals surface area contributed by atoms with Gasteiger partial charge in [0.05, 0.1) is 6.04 Å². The standard InChI is InChI=1S/C51H25NO3.C36H14O2.44H2/c1-3-4-5-6-7-8-9-10-11-12-13-14-15-16-17-18-19-20-21-26-39-54-44-37-35-43(36-38-44)50(42-33-31-41(2)32-34-42)52-51(53)55-40-49-47-29-24-22-27-45(47)46-28-23-25-30-48(46)49;1-3-4-5-6-7-8-9-10-11-12-13-14-15-16-17-18-19-20-21-22-31-38-35-29-27-34(28-30-35)36(37)33-25-23-32(2)24-26-33;;;;;;;;;;;;;;;;;;;;;;;;;;;;;;;;;;;;;;;;;;;;/h1,22-25,27-38,49-50H,40H2,2H3,(H,52,53);1,23-30,36-37H,2H3;44*1H. The number of carbonyl (C=O) groups excluding carboxylic acids is 1. The number of nitrogens with one attached hydrogen (secondary N) is 1. The zero-order valence-corrected chi connectivity index (χ0v) is 49.5. The summed E-state index contributed by atoms with van der Waals surface area (Å²) in [5.74, 6) is 100. The molecule has 0 aliphatic heterocycles. The van der Waals surface area contributed by atoms with Gasteiger partial charge in [-0.05, 0) is 177 Å². The first kappa shape index (κ1) is 66.6. The molecule has 93 heavy (non-hydrogen) atoms. The summed E-state index contributed by atoms with van der Waals surface area (Å²) < 4.78 is 16.7. The van der Waals surface area contributed by atoms with Crippen LogP contribution in [0.25, 0.3) is 11.1 Å². The Balaban J connectivity index is -0.0000000295. The van der Waals surface area contributed by atoms with Crippen molar-refractivity contribution in [3.05, 3.63) is 190 Å². The number of benzene rings is 6. The number of ether oxygens (including phenoxy) is 3. The number of aliphatic hydroxyl groups excluding tert-OH is 1. The van der Waals surface area contributed by atoms with Crippen LogP contribution in [0, 0.1) is 276 Å². The van der Waals surface area contributed by atoms with Gasteiger partial charge < -0.3 is 24.6 Å². The van der Waals surface area contributed by atoms with Crippen molar-refractivity contribution in [1.29, 1.82) is 0 Å². The number of fused-ring (bicyclic) bond motifs is 3. The third-order valence-corrected chi connectivity index (χ3v) is 11.7. The van der Waals surface area contributed by atoms with Crippen LogP contribution in [0.2, 0.25) is 0 Å². The van der Waals surface area contributed by atoms with Gasteiger partial charge in [0.2, 0.25) is 0 Å². The number of hydrogen-bond donors (Lipinski definition) is 2. The fourth-order valence-electron chi connectivity index (χ4n) is 7.62. The lowest BCUT2D eigenvalue weighted by molar-refractivity contribution is 0.140. The SMILES string of the molecule is C#CC#CC#CC#CC#CC#CC#CC#CC#CC#CC#COc1ccc(C(NC(=O)OCC2c3ccccc3-c3ccccc32)c2ccc(C)cc2)cc1.C#CC#CC#CC#CC#CC#CC#CC#CC#CC#CC#COc1ccc(C(O)c2ccc(C)cc2)cc1.[HH].[HH].[HH].[HH].[HH].[HH].[HH].[HH].[HH].[HH].[HH].[HH].[HH].[HH].[HH].[HH].[HH].[HH].[HH].[HH].[HH].[HH].[HH].[HH].[HH].[HH].[HH].[HH].[HH].[HH].[HH].[HH].[HH].[HH].[HH].[HH].[HH].[HH].[HH].[HH].[HH].[HH].[HH].[HH]. The molecule has 6 aromatic carbocycles. The van der Waals surface area contributed by atoms with Crippen LogP contribution in [-0.2, 0) is 4.74 Å². The zero-order chi connectivity index (χ0) is 65.4. The second-order valence-electron chi connectivity index (χ2n) is 17.7. The van der Waals surface area contributed by atoms with E-state index in [-0.39, 0.29) is 75.3 Å². The molecule has 510 valence electrons. The second-order valence-corrected chi connectivity index (χ2v) is 17.7. The molecule has 1 amide bonds. The first-order valence-corrected chi connectivity index (χ1v) is 27.2. The highest BCUT2D eigenvalue weighted by Gasteiger charge is 2.29. The topological polar surface area (TPSA) is 77.0 Å². The van der Waals surface area contributed by atoms with Gasteiger partial charge in [-0.3, -0.25) is 0 Å². The Labute approximate surface area is 610 Å². The molecule has 1 aliphatic carbocycles. The van der Waals surface area contributed by atoms with Crippen LogP contribution in [0.4, 0.5) is 4.79 Å². The van der Waals surface area contributed by atoms with Crippen molar-refractivity contribution >= 4 is 6.09 Å². The summed E-state index contributed by atoms with van der Waals surface area (Å²) in [6, 6.07) is 46.1. The predicted octanol–water partition coefficient (Wildman–Crippen LogP) is 20.5. The summed E-state index contributed by atoms with van der Waals surface area (Å²) in [6.45, 7) is 4.24. The van der Waals surface area contributed by atoms with Crippen molar-refractivity contribution in [3.8, 4) is 285 Å². The van der Waals surface area contributed by atoms with Crippen LogP contribution in [0.15, 0.2) is 146 Å². The molecule has 1 aliphatic rings. The summed E-state index contributed by atoms with van der Waals surface area (Å²) in [5, 5.41) is 13.6. The van der Waals surface area contributed by atoms with Gasteiger partial charge in [-0.15, -0.1) is 12.8 Å². The zero-order valence-electron chi connectivity index (χ0n) is 49.5. The number of terminal acetylenes is 2. The Morgan fingerprint density at radius 2 is 0.656 bits per heavy atom. The molecule has 7 rings (SSSR count). The van der Waals surface area contributed by atoms with E-state index in [0.717, 1.165) is 44.5 Å². The Hall–Kier alpha value is -15.5. The van der Waals surface area contributed by atoms with Gasteiger partial charge >= 0.3 is 6.09 Å². The Morgan fingerprint density at radius 3 is 0.978 bits per heavy atom. The quantitative estimate of drug-likeness (QED) is 0.141. The number of carbonyl (C=O) groups is 1. The van der Waals surface area contributed by atoms with Crippen LogP contribution in [0.1, 0.15) is 125 Å². The molecule has 0 heterocycles. The molecule has 0 fully saturated rings. The minimum absolute atomic E-state index is 0. The van der Waals surface area contributed by atoms with Gasteiger partial charge in [0.25, 0.3) is 0 Å². The maximum absolute atomic E-state index is 13.3. The first-order valence-electron chi connectivity index (χ1n) is 27.2. The highest BCUT2D eigenvalue weighted by atomic mass is 16.5. The molecule has 0 radical (unpaired) electrons. The number of amides is 1. The highest BCUT2D eigenvalue weighted by molar-refractivity contribution is 5.79. The number of rotatable bonds is 9. The number of hydrogen-bond acceptors (Lipinski definition) is 5. The van der Waals surface area contributed by atoms with Crippen LogP contribution in [0.3, 0.4) is 0 Å². The van der Waals surface area contributed by atoms with Crippen molar-refractivity contribution < 1.29 is 86.9 Å². The van der Waals surface area contributed by atoms with Crippen molar-refractivity contribution in [2.45, 2.75) is 31.9 Å². The van der Waals surface area contributed by atoms with E-state index < -0.39 is 18.2 Å². The summed E-state index contributed by atoms with van der Waals surface area (Å²) in [5.41, 5.74) is 10.2. The van der Waals surface area contributed by atoms with Crippen molar-refractivity contribution in [1.82, 2.24) is 5.32 Å². The monoisotopic (exact) mass is 1270 g/mol. The Morgan fingerprint density at radius 1 is 0.387 bits per heavy atom. The van der Waals surface area contributed by atoms with Crippen LogP contribution in [0.5, 0.6) is 11.5 Å². The largest absolute Gasteiger partial charge is 0.449 e. The lowest BCUT2D eigenvalue weighted by atomic mass is 9.97. The molecule has 6 heteroatoms. The normalized spacial score (nSPS) is 8.74. The maximum atomic E-state index is 13.3. The van der Waals surface area contributed by atoms with E-state index in [1.165, 1.54) is 11.1 Å². The lowest BCUT2D eigenvalue weighted by Crippen LogP contribution is -2.31. The molecule has 0 saturated heterocycles. The number of aliphatic hydroxyl groups is 1. The first-order chi connectivity index (χ1) is 45.8. The van der Waals surface area contributed by atoms with E-state index in [1.54, 1.807) is 36.4 Å². The second kappa shape index (κ2) is 40.7. The van der Waals surface area contributed by atoms with Crippen molar-refractivity contribution in [3.63, 3.8) is 0 Å². The van der Waals surface area contributed by atoms with Gasteiger partial charge in [0.1, 0.15) is 36.4 Å². The van der Waals surface area contributed by atoms with Gasteiger partial charge in [-0.1, -0.05) is 132 Å². The van der Waals surface area contributed by atoms with E-state index in [0.29, 0.717) is 11.5 Å². The molecule has 0 saturated carbocycles. The molecule has 2 atom stereocenters. The number of aryl methyl sites for hydroxylation is 2. The predicted molar refractivity (Wildman–Crippen MR) is 457 cm³/mol. The van der Waals surface area contributed by atoms with Crippen molar-refractivity contribution in [2.75, 3.05) is 6.61 Å². The molecular weight excluding hydrogens is 1140 g/mol. The van der Waals surface area contributed by atoms with E-state index in [4.69, 9.17) is 27.1 Å². The Bertz CT molecular complexity index is 5410. The average Bonchev–Trinajstić information content (AvgIpc) is 1.62. The van der Waals surface area contributed by atoms with Crippen LogP contribution < -0.4 is 14.8 Å². The number of alkyl carbamates (subject to hydrolysis) is 1.